The summed E-state index contributed by atoms with van der Waals surface area (Å²) in [4.78, 5) is 29.5. The van der Waals surface area contributed by atoms with Gasteiger partial charge in [0.1, 0.15) is 5.75 Å². The summed E-state index contributed by atoms with van der Waals surface area (Å²) in [5, 5.41) is 2.99. The predicted molar refractivity (Wildman–Crippen MR) is 140 cm³/mol. The summed E-state index contributed by atoms with van der Waals surface area (Å²) in [7, 11) is 0. The largest absolute Gasteiger partial charge is 0.484 e. The Hall–Kier alpha value is -3.80. The van der Waals surface area contributed by atoms with Gasteiger partial charge in [0.05, 0.1) is 11.4 Å². The van der Waals surface area contributed by atoms with Gasteiger partial charge < -0.3 is 19.9 Å². The molecular weight excluding hydrogens is 438 g/mol. The Kier molecular flexibility index (Phi) is 8.03. The number of benzene rings is 3. The van der Waals surface area contributed by atoms with Gasteiger partial charge in [0, 0.05) is 31.7 Å². The first-order valence-corrected chi connectivity index (χ1v) is 12.3. The van der Waals surface area contributed by atoms with Crippen molar-refractivity contribution in [2.75, 3.05) is 43.0 Å². The zero-order valence-corrected chi connectivity index (χ0v) is 20.4. The number of hydrogen-bond donors (Lipinski definition) is 1. The summed E-state index contributed by atoms with van der Waals surface area (Å²) in [5.74, 6) is 1.03. The number of carbonyl (C=O) groups is 2. The van der Waals surface area contributed by atoms with Gasteiger partial charge >= 0.3 is 0 Å². The summed E-state index contributed by atoms with van der Waals surface area (Å²) in [5.41, 5.74) is 3.67. The normalized spacial score (nSPS) is 14.3. The van der Waals surface area contributed by atoms with Crippen molar-refractivity contribution in [2.24, 2.45) is 0 Å². The minimum Gasteiger partial charge on any atom is -0.484 e. The van der Waals surface area contributed by atoms with Crippen LogP contribution in [0.5, 0.6) is 5.75 Å². The van der Waals surface area contributed by atoms with E-state index in [4.69, 9.17) is 4.74 Å². The Morgan fingerprint density at radius 1 is 0.886 bits per heavy atom. The van der Waals surface area contributed by atoms with Crippen molar-refractivity contribution in [3.8, 4) is 5.75 Å². The molecule has 1 aliphatic rings. The van der Waals surface area contributed by atoms with E-state index in [0.29, 0.717) is 43.4 Å². The summed E-state index contributed by atoms with van der Waals surface area (Å²) >= 11 is 0. The number of hydrogen-bond acceptors (Lipinski definition) is 4. The Balaban J connectivity index is 1.32. The van der Waals surface area contributed by atoms with Gasteiger partial charge in [0.25, 0.3) is 11.8 Å². The molecule has 3 aromatic carbocycles. The summed E-state index contributed by atoms with van der Waals surface area (Å²) < 4.78 is 5.71. The van der Waals surface area contributed by atoms with Crippen LogP contribution in [0.3, 0.4) is 0 Å². The summed E-state index contributed by atoms with van der Waals surface area (Å²) in [6.45, 7) is 6.96. The number of rotatable bonds is 8. The molecule has 0 aliphatic carbocycles. The van der Waals surface area contributed by atoms with Gasteiger partial charge in [-0.3, -0.25) is 9.59 Å². The minimum atomic E-state index is -0.207. The lowest BCUT2D eigenvalue weighted by molar-refractivity contribution is -0.118. The lowest BCUT2D eigenvalue weighted by atomic mass is 9.99. The first kappa shape index (κ1) is 24.3. The number of amides is 2. The van der Waals surface area contributed by atoms with Gasteiger partial charge in [-0.2, -0.15) is 0 Å². The van der Waals surface area contributed by atoms with Crippen LogP contribution in [-0.2, 0) is 4.79 Å². The maximum absolute atomic E-state index is 12.7. The average Bonchev–Trinajstić information content (AvgIpc) is 2.92. The Morgan fingerprint density at radius 2 is 1.54 bits per heavy atom. The second kappa shape index (κ2) is 11.6. The third-order valence-corrected chi connectivity index (χ3v) is 6.54. The molecule has 6 heteroatoms. The zero-order valence-electron chi connectivity index (χ0n) is 20.4. The quantitative estimate of drug-likeness (QED) is 0.492. The maximum Gasteiger partial charge on any atom is 0.262 e. The van der Waals surface area contributed by atoms with Crippen molar-refractivity contribution < 1.29 is 14.3 Å². The van der Waals surface area contributed by atoms with Crippen LogP contribution in [0, 0.1) is 0 Å². The highest BCUT2D eigenvalue weighted by molar-refractivity contribution is 5.96. The maximum atomic E-state index is 12.7. The standard InChI is InChI=1S/C29H33N3O3/c1-3-22(2)23-13-15-25(16-14-23)35-21-28(33)30-26-11-7-8-12-27(26)31-17-19-32(20-18-31)29(34)24-9-5-4-6-10-24/h4-16,22H,3,17-21H2,1-2H3,(H,30,33)/t22-/m1/s1. The molecule has 1 heterocycles. The predicted octanol–water partition coefficient (Wildman–Crippen LogP) is 5.18. The molecule has 4 rings (SSSR count). The molecule has 1 atom stereocenters. The first-order chi connectivity index (χ1) is 17.0. The van der Waals surface area contributed by atoms with Gasteiger partial charge in [-0.1, -0.05) is 56.3 Å². The van der Waals surface area contributed by atoms with Gasteiger partial charge in [0.15, 0.2) is 6.61 Å². The van der Waals surface area contributed by atoms with Crippen LogP contribution in [0.15, 0.2) is 78.9 Å². The third-order valence-electron chi connectivity index (χ3n) is 6.54. The minimum absolute atomic E-state index is 0.0566. The van der Waals surface area contributed by atoms with Crippen LogP contribution in [-0.4, -0.2) is 49.5 Å². The fraction of sp³-hybridized carbons (Fsp3) is 0.310. The van der Waals surface area contributed by atoms with Gasteiger partial charge in [-0.15, -0.1) is 0 Å². The molecular formula is C29H33N3O3. The molecule has 182 valence electrons. The zero-order chi connectivity index (χ0) is 24.6. The van der Waals surface area contributed by atoms with E-state index in [1.54, 1.807) is 0 Å². The van der Waals surface area contributed by atoms with E-state index in [1.807, 2.05) is 71.6 Å². The molecule has 0 unspecified atom stereocenters. The molecule has 0 saturated carbocycles. The molecule has 1 saturated heterocycles. The van der Waals surface area contributed by atoms with Crippen LogP contribution in [0.4, 0.5) is 11.4 Å². The molecule has 0 aromatic heterocycles. The molecule has 6 nitrogen and oxygen atoms in total. The number of nitrogens with zero attached hydrogens (tertiary/aromatic N) is 2. The lowest BCUT2D eigenvalue weighted by Gasteiger charge is -2.37. The van der Waals surface area contributed by atoms with Crippen molar-refractivity contribution in [1.82, 2.24) is 4.90 Å². The number of carbonyl (C=O) groups excluding carboxylic acids is 2. The molecule has 0 spiro atoms. The monoisotopic (exact) mass is 471 g/mol. The summed E-state index contributed by atoms with van der Waals surface area (Å²) in [6, 6.07) is 25.1. The van der Waals surface area contributed by atoms with E-state index < -0.39 is 0 Å². The first-order valence-electron chi connectivity index (χ1n) is 12.3. The fourth-order valence-corrected chi connectivity index (χ4v) is 4.23. The van der Waals surface area contributed by atoms with Crippen LogP contribution in [0.25, 0.3) is 0 Å². The molecule has 1 fully saturated rings. The van der Waals surface area contributed by atoms with Crippen molar-refractivity contribution in [2.45, 2.75) is 26.2 Å². The van der Waals surface area contributed by atoms with Crippen molar-refractivity contribution >= 4 is 23.2 Å². The smallest absolute Gasteiger partial charge is 0.262 e. The van der Waals surface area contributed by atoms with Crippen LogP contribution in [0.2, 0.25) is 0 Å². The van der Waals surface area contributed by atoms with Crippen LogP contribution in [0.1, 0.15) is 42.1 Å². The molecule has 35 heavy (non-hydrogen) atoms. The molecule has 3 aromatic rings. The number of para-hydroxylation sites is 2. The highest BCUT2D eigenvalue weighted by atomic mass is 16.5. The Morgan fingerprint density at radius 3 is 2.23 bits per heavy atom. The van der Waals surface area contributed by atoms with E-state index >= 15 is 0 Å². The second-order valence-electron chi connectivity index (χ2n) is 8.88. The summed E-state index contributed by atoms with van der Waals surface area (Å²) in [6.07, 6.45) is 1.08. The molecule has 2 amide bonds. The van der Waals surface area contributed by atoms with E-state index in [1.165, 1.54) is 5.56 Å². The second-order valence-corrected chi connectivity index (χ2v) is 8.88. The van der Waals surface area contributed by atoms with Gasteiger partial charge in [0.2, 0.25) is 0 Å². The topological polar surface area (TPSA) is 61.9 Å². The van der Waals surface area contributed by atoms with Crippen LogP contribution < -0.4 is 15.0 Å². The van der Waals surface area contributed by atoms with Crippen molar-refractivity contribution in [1.29, 1.82) is 0 Å². The molecule has 0 bridgehead atoms. The van der Waals surface area contributed by atoms with E-state index in [-0.39, 0.29) is 18.4 Å². The van der Waals surface area contributed by atoms with Gasteiger partial charge in [-0.05, 0) is 54.3 Å². The molecule has 0 radical (unpaired) electrons. The fourth-order valence-electron chi connectivity index (χ4n) is 4.23. The van der Waals surface area contributed by atoms with Gasteiger partial charge in [-0.25, -0.2) is 0 Å². The number of piperazine rings is 1. The number of anilines is 2. The van der Waals surface area contributed by atoms with E-state index in [0.717, 1.165) is 17.8 Å². The highest BCUT2D eigenvalue weighted by Crippen LogP contribution is 2.27. The lowest BCUT2D eigenvalue weighted by Crippen LogP contribution is -2.49. The number of nitrogens with one attached hydrogen (secondary N) is 1. The van der Waals surface area contributed by atoms with Crippen molar-refractivity contribution in [3.63, 3.8) is 0 Å². The molecule has 1 N–H and O–H groups in total. The van der Waals surface area contributed by atoms with Crippen molar-refractivity contribution in [3.05, 3.63) is 90.0 Å². The SMILES string of the molecule is CC[C@@H](C)c1ccc(OCC(=O)Nc2ccccc2N2CCN(C(=O)c3ccccc3)CC2)cc1. The number of ether oxygens (including phenoxy) is 1. The van der Waals surface area contributed by atoms with Crippen LogP contribution >= 0.6 is 0 Å². The third kappa shape index (κ3) is 6.21. The highest BCUT2D eigenvalue weighted by Gasteiger charge is 2.23. The van der Waals surface area contributed by atoms with E-state index in [2.05, 4.69) is 36.2 Å². The molecule has 1 aliphatic heterocycles. The Labute approximate surface area is 207 Å². The van der Waals surface area contributed by atoms with E-state index in [9.17, 15) is 9.59 Å². The Bertz CT molecular complexity index is 1120. The average molecular weight is 472 g/mol.